The standard InChI is InChI=1S/C41H62O6/c1-25-21-40(16-11-28(22-40)12-17-41(46)14-5-6-32(44)23-41)37-39(4,47-37)15-13-34-33(25)24-38(34,3)35-20-30(36(45)26(2)42)19-29(35)18-27-7-9-31(43)10-8-27/h7-10,26,28-30,32-37,42-46H,1,5-6,11-24H2,2-4H3. The van der Waals surface area contributed by atoms with Gasteiger partial charge in [-0.25, -0.2) is 0 Å². The fourth-order valence-electron chi connectivity index (χ4n) is 12.5. The summed E-state index contributed by atoms with van der Waals surface area (Å²) < 4.78 is 6.72. The Morgan fingerprint density at radius 3 is 2.45 bits per heavy atom. The number of aliphatic hydroxyl groups excluding tert-OH is 3. The van der Waals surface area contributed by atoms with E-state index in [1.54, 1.807) is 19.1 Å². The molecule has 47 heavy (non-hydrogen) atoms. The molecule has 1 aliphatic heterocycles. The number of benzene rings is 1. The molecule has 0 radical (unpaired) electrons. The van der Waals surface area contributed by atoms with Crippen LogP contribution in [0.15, 0.2) is 36.4 Å². The average molecular weight is 651 g/mol. The molecule has 1 aromatic carbocycles. The maximum absolute atomic E-state index is 11.2. The van der Waals surface area contributed by atoms with Crippen molar-refractivity contribution in [2.24, 2.45) is 46.3 Å². The Balaban J connectivity index is 1.07. The predicted octanol–water partition coefficient (Wildman–Crippen LogP) is 7.09. The maximum Gasteiger partial charge on any atom is 0.115 e. The molecule has 1 aromatic rings. The molecule has 6 aliphatic rings. The fourth-order valence-corrected chi connectivity index (χ4v) is 12.5. The Bertz CT molecular complexity index is 1300. The predicted molar refractivity (Wildman–Crippen MR) is 184 cm³/mol. The highest BCUT2D eigenvalue weighted by atomic mass is 16.6. The van der Waals surface area contributed by atoms with Crippen LogP contribution in [0.4, 0.5) is 0 Å². The number of rotatable bonds is 8. The Hall–Kier alpha value is -1.44. The van der Waals surface area contributed by atoms with Gasteiger partial charge in [0.15, 0.2) is 0 Å². The van der Waals surface area contributed by atoms with Crippen molar-refractivity contribution in [2.75, 3.05) is 0 Å². The number of hydrogen-bond donors (Lipinski definition) is 5. The first-order valence-electron chi connectivity index (χ1n) is 19.1. The number of phenols is 1. The van der Waals surface area contributed by atoms with Crippen molar-refractivity contribution in [3.05, 3.63) is 42.0 Å². The lowest BCUT2D eigenvalue weighted by Gasteiger charge is -2.59. The second-order valence-electron chi connectivity index (χ2n) is 18.3. The summed E-state index contributed by atoms with van der Waals surface area (Å²) in [6.45, 7) is 11.4. The molecule has 6 nitrogen and oxygen atoms in total. The van der Waals surface area contributed by atoms with Gasteiger partial charge < -0.3 is 30.3 Å². The van der Waals surface area contributed by atoms with Crippen molar-refractivity contribution in [3.63, 3.8) is 0 Å². The van der Waals surface area contributed by atoms with Crippen LogP contribution in [0.5, 0.6) is 5.75 Å². The van der Waals surface area contributed by atoms with E-state index in [0.29, 0.717) is 47.9 Å². The zero-order valence-electron chi connectivity index (χ0n) is 29.2. The molecular weight excluding hydrogens is 588 g/mol. The number of allylic oxidation sites excluding steroid dienone is 1. The van der Waals surface area contributed by atoms with E-state index >= 15 is 0 Å². The lowest BCUT2D eigenvalue weighted by atomic mass is 9.45. The summed E-state index contributed by atoms with van der Waals surface area (Å²) in [6, 6.07) is 7.64. The molecule has 7 rings (SSSR count). The second kappa shape index (κ2) is 12.4. The van der Waals surface area contributed by atoms with E-state index in [1.165, 1.54) is 24.0 Å². The molecule has 0 bridgehead atoms. The molecule has 14 unspecified atom stereocenters. The van der Waals surface area contributed by atoms with E-state index in [-0.39, 0.29) is 28.5 Å². The number of aromatic hydroxyl groups is 1. The SMILES string of the molecule is C=C1CC2(CCC(CCC3(O)CCCC(O)C3)C2)C2OC2(C)CCC2C1CC2(C)C1CC(C(O)C(C)O)CC1Cc1ccc(O)cc1. The first-order valence-corrected chi connectivity index (χ1v) is 19.1. The van der Waals surface area contributed by atoms with Gasteiger partial charge >= 0.3 is 0 Å². The van der Waals surface area contributed by atoms with Gasteiger partial charge in [0.2, 0.25) is 0 Å². The third-order valence-corrected chi connectivity index (χ3v) is 15.0. The zero-order valence-corrected chi connectivity index (χ0v) is 29.2. The molecule has 1 saturated heterocycles. The molecule has 0 aromatic heterocycles. The highest BCUT2D eigenvalue weighted by Crippen LogP contribution is 2.70. The minimum absolute atomic E-state index is 0.0710. The lowest BCUT2D eigenvalue weighted by molar-refractivity contribution is -0.0852. The summed E-state index contributed by atoms with van der Waals surface area (Å²) in [6.07, 6.45) is 14.2. The van der Waals surface area contributed by atoms with Gasteiger partial charge in [0.25, 0.3) is 0 Å². The summed E-state index contributed by atoms with van der Waals surface area (Å²) in [5.41, 5.74) is 2.18. The number of ether oxygens (including phenoxy) is 1. The van der Waals surface area contributed by atoms with Gasteiger partial charge in [-0.3, -0.25) is 0 Å². The molecule has 5 saturated carbocycles. The molecule has 1 spiro atoms. The fraction of sp³-hybridized carbons (Fsp3) is 0.805. The molecular formula is C41H62O6. The Kier molecular flexibility index (Phi) is 8.98. The van der Waals surface area contributed by atoms with Crippen LogP contribution < -0.4 is 0 Å². The van der Waals surface area contributed by atoms with Crippen LogP contribution >= 0.6 is 0 Å². The summed E-state index contributed by atoms with van der Waals surface area (Å²) in [7, 11) is 0. The zero-order chi connectivity index (χ0) is 33.4. The van der Waals surface area contributed by atoms with E-state index in [1.807, 2.05) is 12.1 Å². The minimum atomic E-state index is -0.729. The van der Waals surface area contributed by atoms with Gasteiger partial charge in [-0.2, -0.15) is 0 Å². The van der Waals surface area contributed by atoms with E-state index < -0.39 is 17.8 Å². The third-order valence-electron chi connectivity index (χ3n) is 15.0. The average Bonchev–Trinajstić information content (AvgIpc) is 3.31. The summed E-state index contributed by atoms with van der Waals surface area (Å²) >= 11 is 0. The quantitative estimate of drug-likeness (QED) is 0.152. The van der Waals surface area contributed by atoms with Crippen molar-refractivity contribution < 1.29 is 30.3 Å². The van der Waals surface area contributed by atoms with E-state index in [2.05, 4.69) is 13.8 Å². The van der Waals surface area contributed by atoms with Gasteiger partial charge in [-0.15, -0.1) is 0 Å². The number of epoxide rings is 1. The van der Waals surface area contributed by atoms with E-state index in [0.717, 1.165) is 83.5 Å². The normalized spacial score (nSPS) is 47.7. The first-order chi connectivity index (χ1) is 22.2. The number of aliphatic hydroxyl groups is 4. The minimum Gasteiger partial charge on any atom is -0.508 e. The van der Waals surface area contributed by atoms with Crippen LogP contribution in [0.2, 0.25) is 0 Å². The topological polar surface area (TPSA) is 114 Å². The summed E-state index contributed by atoms with van der Waals surface area (Å²) in [4.78, 5) is 0. The molecule has 14 atom stereocenters. The van der Waals surface area contributed by atoms with Crippen molar-refractivity contribution >= 4 is 0 Å². The van der Waals surface area contributed by atoms with Gasteiger partial charge in [-0.05, 0) is 169 Å². The molecule has 6 heteroatoms. The Labute approximate surface area is 283 Å². The number of phenolic OH excluding ortho intramolecular Hbond substituents is 1. The van der Waals surface area contributed by atoms with E-state index in [4.69, 9.17) is 11.3 Å². The molecule has 262 valence electrons. The van der Waals surface area contributed by atoms with Crippen LogP contribution in [-0.2, 0) is 11.2 Å². The largest absolute Gasteiger partial charge is 0.508 e. The Morgan fingerprint density at radius 2 is 1.72 bits per heavy atom. The van der Waals surface area contributed by atoms with Crippen molar-refractivity contribution in [2.45, 2.75) is 159 Å². The smallest absolute Gasteiger partial charge is 0.115 e. The molecule has 5 N–H and O–H groups in total. The van der Waals surface area contributed by atoms with Crippen molar-refractivity contribution in [1.82, 2.24) is 0 Å². The van der Waals surface area contributed by atoms with Gasteiger partial charge in [0, 0.05) is 11.8 Å². The van der Waals surface area contributed by atoms with Crippen molar-refractivity contribution in [3.8, 4) is 5.75 Å². The lowest BCUT2D eigenvalue weighted by Crippen LogP contribution is -2.52. The third kappa shape index (κ3) is 6.37. The van der Waals surface area contributed by atoms with Crippen LogP contribution in [-0.4, -0.2) is 61.2 Å². The van der Waals surface area contributed by atoms with Gasteiger partial charge in [0.05, 0.1) is 35.6 Å². The molecule has 0 amide bonds. The first kappa shape index (κ1) is 34.0. The highest BCUT2D eigenvalue weighted by molar-refractivity contribution is 5.28. The van der Waals surface area contributed by atoms with Gasteiger partial charge in [0.1, 0.15) is 5.75 Å². The summed E-state index contributed by atoms with van der Waals surface area (Å²) in [5, 5.41) is 52.7. The molecule has 1 heterocycles. The maximum atomic E-state index is 11.2. The van der Waals surface area contributed by atoms with Crippen molar-refractivity contribution in [1.29, 1.82) is 0 Å². The molecule has 5 aliphatic carbocycles. The summed E-state index contributed by atoms with van der Waals surface area (Å²) in [5.74, 6) is 2.94. The van der Waals surface area contributed by atoms with Crippen LogP contribution in [0.3, 0.4) is 0 Å². The highest BCUT2D eigenvalue weighted by Gasteiger charge is 2.67. The van der Waals surface area contributed by atoms with Crippen LogP contribution in [0.1, 0.15) is 123 Å². The van der Waals surface area contributed by atoms with Gasteiger partial charge in [-0.1, -0.05) is 31.2 Å². The van der Waals surface area contributed by atoms with Crippen LogP contribution in [0.25, 0.3) is 0 Å². The second-order valence-corrected chi connectivity index (χ2v) is 18.3. The monoisotopic (exact) mass is 650 g/mol. The Morgan fingerprint density at radius 1 is 0.957 bits per heavy atom. The van der Waals surface area contributed by atoms with Crippen LogP contribution in [0, 0.1) is 46.3 Å². The number of hydrogen-bond acceptors (Lipinski definition) is 6. The number of fused-ring (bicyclic) bond motifs is 3. The molecule has 6 fully saturated rings. The van der Waals surface area contributed by atoms with E-state index in [9.17, 15) is 25.5 Å².